The number of hydrogen-bond donors (Lipinski definition) is 0. The molecule has 62 heavy (non-hydrogen) atoms. The molecule has 4 nitrogen and oxygen atoms in total. The molecule has 0 spiro atoms. The molecule has 290 valence electrons. The highest BCUT2D eigenvalue weighted by Crippen LogP contribution is 2.49. The van der Waals surface area contributed by atoms with Gasteiger partial charge in [-0.1, -0.05) is 146 Å². The number of hydrogen-bond acceptors (Lipinski definition) is 2. The third-order valence-corrected chi connectivity index (χ3v) is 13.9. The highest BCUT2D eigenvalue weighted by atomic mass is 15.0. The lowest BCUT2D eigenvalue weighted by molar-refractivity contribution is 0.531. The van der Waals surface area contributed by atoms with Gasteiger partial charge >= 0.3 is 0 Å². The molecule has 14 rings (SSSR count). The molecule has 0 amide bonds. The normalized spacial score (nSPS) is 16.1. The second kappa shape index (κ2) is 12.8. The molecule has 1 aliphatic heterocycles. The SMILES string of the molecule is C1=Cc2c(c3cc(-c4cccc(-n5c6ccccc6c6c5ccc5c7ccccc7n(-c7ccccc7)c56)c4)ccc3c3c2=NC2c4ccccc4-c4ccccc4C2N=3)CC1. The zero-order valence-corrected chi connectivity index (χ0v) is 33.8. The Morgan fingerprint density at radius 1 is 0.435 bits per heavy atom. The van der Waals surface area contributed by atoms with E-state index in [1.807, 2.05) is 0 Å². The predicted molar refractivity (Wildman–Crippen MR) is 255 cm³/mol. The van der Waals surface area contributed by atoms with Crippen LogP contribution in [0.5, 0.6) is 0 Å². The van der Waals surface area contributed by atoms with Crippen LogP contribution < -0.4 is 10.7 Å². The number of benzene rings is 9. The van der Waals surface area contributed by atoms with Gasteiger partial charge in [-0.3, -0.25) is 9.98 Å². The monoisotopic (exact) mass is 790 g/mol. The first-order chi connectivity index (χ1) is 30.8. The Morgan fingerprint density at radius 3 is 1.89 bits per heavy atom. The maximum absolute atomic E-state index is 5.68. The van der Waals surface area contributed by atoms with Gasteiger partial charge in [0.2, 0.25) is 0 Å². The van der Waals surface area contributed by atoms with Crippen LogP contribution >= 0.6 is 0 Å². The number of allylic oxidation sites excluding steroid dienone is 1. The molecular formula is C58H38N4. The molecule has 0 saturated carbocycles. The molecule has 0 radical (unpaired) electrons. The van der Waals surface area contributed by atoms with Crippen LogP contribution in [0.2, 0.25) is 0 Å². The zero-order valence-electron chi connectivity index (χ0n) is 33.8. The maximum Gasteiger partial charge on any atom is 0.103 e. The smallest absolute Gasteiger partial charge is 0.103 e. The van der Waals surface area contributed by atoms with Crippen molar-refractivity contribution >= 4 is 60.5 Å². The molecular weight excluding hydrogens is 753 g/mol. The van der Waals surface area contributed by atoms with Gasteiger partial charge in [0.1, 0.15) is 12.1 Å². The van der Waals surface area contributed by atoms with Gasteiger partial charge in [0, 0.05) is 43.9 Å². The minimum absolute atomic E-state index is 0.0499. The van der Waals surface area contributed by atoms with Crippen LogP contribution in [0, 0.1) is 0 Å². The van der Waals surface area contributed by atoms with Crippen molar-refractivity contribution in [3.05, 3.63) is 221 Å². The van der Waals surface area contributed by atoms with E-state index < -0.39 is 0 Å². The van der Waals surface area contributed by atoms with Crippen LogP contribution in [0.3, 0.4) is 0 Å². The quantitative estimate of drug-likeness (QED) is 0.171. The third kappa shape index (κ3) is 4.66. The second-order valence-electron chi connectivity index (χ2n) is 17.1. The van der Waals surface area contributed by atoms with Gasteiger partial charge < -0.3 is 9.13 Å². The van der Waals surface area contributed by atoms with Crippen molar-refractivity contribution in [1.82, 2.24) is 9.13 Å². The summed E-state index contributed by atoms with van der Waals surface area (Å²) in [5, 5.41) is 9.56. The fourth-order valence-electron chi connectivity index (χ4n) is 11.2. The number of aromatic nitrogens is 2. The van der Waals surface area contributed by atoms with Crippen LogP contribution in [0.15, 0.2) is 198 Å². The van der Waals surface area contributed by atoms with Crippen molar-refractivity contribution in [1.29, 1.82) is 0 Å². The lowest BCUT2D eigenvalue weighted by atomic mass is 9.79. The summed E-state index contributed by atoms with van der Waals surface area (Å²) >= 11 is 0. The molecule has 2 unspecified atom stereocenters. The molecule has 0 fully saturated rings. The summed E-state index contributed by atoms with van der Waals surface area (Å²) in [6, 6.07) is 66.7. The van der Waals surface area contributed by atoms with Crippen LogP contribution in [-0.4, -0.2) is 9.13 Å². The molecule has 0 bridgehead atoms. The van der Waals surface area contributed by atoms with E-state index in [2.05, 4.69) is 203 Å². The Kier molecular flexibility index (Phi) is 7.03. The van der Waals surface area contributed by atoms with E-state index in [0.29, 0.717) is 0 Å². The molecule has 0 saturated heterocycles. The second-order valence-corrected chi connectivity index (χ2v) is 17.1. The van der Waals surface area contributed by atoms with E-state index in [1.54, 1.807) is 0 Å². The number of rotatable bonds is 3. The van der Waals surface area contributed by atoms with E-state index in [4.69, 9.17) is 9.98 Å². The Labute approximate surface area is 357 Å². The summed E-state index contributed by atoms with van der Waals surface area (Å²) in [5.41, 5.74) is 17.2. The van der Waals surface area contributed by atoms with Crippen LogP contribution in [0.4, 0.5) is 0 Å². The Hall–Kier alpha value is -7.82. The van der Waals surface area contributed by atoms with E-state index in [0.717, 1.165) is 34.9 Å². The average molecular weight is 791 g/mol. The summed E-state index contributed by atoms with van der Waals surface area (Å²) in [5.74, 6) is 0. The summed E-state index contributed by atoms with van der Waals surface area (Å²) in [6.07, 6.45) is 6.62. The third-order valence-electron chi connectivity index (χ3n) is 13.9. The number of nitrogens with zero attached hydrogens (tertiary/aromatic N) is 4. The Balaban J connectivity index is 0.972. The topological polar surface area (TPSA) is 34.6 Å². The van der Waals surface area contributed by atoms with E-state index >= 15 is 0 Å². The van der Waals surface area contributed by atoms with Gasteiger partial charge in [-0.15, -0.1) is 0 Å². The van der Waals surface area contributed by atoms with Crippen molar-refractivity contribution in [3.8, 4) is 33.6 Å². The van der Waals surface area contributed by atoms with Gasteiger partial charge in [-0.05, 0) is 106 Å². The van der Waals surface area contributed by atoms with Crippen molar-refractivity contribution in [2.75, 3.05) is 0 Å². The van der Waals surface area contributed by atoms with Crippen molar-refractivity contribution in [2.45, 2.75) is 24.9 Å². The highest BCUT2D eigenvalue weighted by Gasteiger charge is 2.35. The summed E-state index contributed by atoms with van der Waals surface area (Å²) in [7, 11) is 0. The molecule has 3 heterocycles. The van der Waals surface area contributed by atoms with Crippen molar-refractivity contribution in [3.63, 3.8) is 0 Å². The van der Waals surface area contributed by atoms with Crippen LogP contribution in [0.25, 0.3) is 94.1 Å². The van der Waals surface area contributed by atoms with Crippen LogP contribution in [-0.2, 0) is 6.42 Å². The largest absolute Gasteiger partial charge is 0.309 e. The number of para-hydroxylation sites is 3. The highest BCUT2D eigenvalue weighted by molar-refractivity contribution is 6.26. The molecule has 9 aromatic carbocycles. The molecule has 2 aliphatic carbocycles. The minimum Gasteiger partial charge on any atom is -0.309 e. The fraction of sp³-hybridized carbons (Fsp3) is 0.0690. The number of fused-ring (bicyclic) bond motifs is 19. The zero-order chi connectivity index (χ0) is 40.5. The average Bonchev–Trinajstić information content (AvgIpc) is 3.87. The standard InChI is InChI=1S/C58H38N4/c1-2-16-37(17-3-1)62-50-27-12-10-22-42(50)47-31-32-52-53(58(47)62)48-26-11-13-28-51(48)61(52)38-18-14-15-35(33-38)36-29-30-46-49(34-36)41-21-6-9-25-45(41)56-57(46)60-55-44-24-8-5-20-40(44)39-19-4-7-23-43(39)54(55)59-56/h1-5,7-20,22-34,54-55H,6,21H2. The van der Waals surface area contributed by atoms with Gasteiger partial charge in [-0.2, -0.15) is 0 Å². The van der Waals surface area contributed by atoms with E-state index in [-0.39, 0.29) is 12.1 Å². The first kappa shape index (κ1) is 34.0. The number of aryl methyl sites for hydroxylation is 1. The van der Waals surface area contributed by atoms with Crippen molar-refractivity contribution in [2.24, 2.45) is 9.98 Å². The maximum atomic E-state index is 5.68. The predicted octanol–water partition coefficient (Wildman–Crippen LogP) is 13.4. The van der Waals surface area contributed by atoms with Gasteiger partial charge in [0.15, 0.2) is 0 Å². The fourth-order valence-corrected chi connectivity index (χ4v) is 11.2. The van der Waals surface area contributed by atoms with Gasteiger partial charge in [0.25, 0.3) is 0 Å². The molecule has 2 aromatic heterocycles. The summed E-state index contributed by atoms with van der Waals surface area (Å²) in [6.45, 7) is 0. The summed E-state index contributed by atoms with van der Waals surface area (Å²) < 4.78 is 4.91. The molecule has 4 heteroatoms. The molecule has 11 aromatic rings. The first-order valence-corrected chi connectivity index (χ1v) is 21.8. The van der Waals surface area contributed by atoms with E-state index in [9.17, 15) is 0 Å². The van der Waals surface area contributed by atoms with Gasteiger partial charge in [-0.25, -0.2) is 0 Å². The summed E-state index contributed by atoms with van der Waals surface area (Å²) in [4.78, 5) is 11.3. The Bertz CT molecular complexity index is 3880. The van der Waals surface area contributed by atoms with E-state index in [1.165, 1.54) is 98.9 Å². The minimum atomic E-state index is -0.0693. The molecule has 0 N–H and O–H groups in total. The van der Waals surface area contributed by atoms with Gasteiger partial charge in [0.05, 0.1) is 32.8 Å². The van der Waals surface area contributed by atoms with Crippen molar-refractivity contribution < 1.29 is 0 Å². The molecule has 3 aliphatic rings. The van der Waals surface area contributed by atoms with Crippen LogP contribution in [0.1, 0.15) is 40.8 Å². The lowest BCUT2D eigenvalue weighted by Gasteiger charge is -2.33. The Morgan fingerprint density at radius 2 is 1.08 bits per heavy atom. The lowest BCUT2D eigenvalue weighted by Crippen LogP contribution is -2.37. The molecule has 2 atom stereocenters. The first-order valence-electron chi connectivity index (χ1n) is 21.8.